The number of aromatic amines is 1. The van der Waals surface area contributed by atoms with Crippen LogP contribution in [-0.4, -0.2) is 64.5 Å². The third-order valence-electron chi connectivity index (χ3n) is 5.99. The van der Waals surface area contributed by atoms with Crippen molar-refractivity contribution in [3.8, 4) is 11.6 Å². The molecule has 34 heavy (non-hydrogen) atoms. The van der Waals surface area contributed by atoms with Crippen molar-refractivity contribution in [2.75, 3.05) is 32.0 Å². The van der Waals surface area contributed by atoms with Crippen LogP contribution in [0.4, 0.5) is 18.9 Å². The molecule has 0 radical (unpaired) electrons. The highest BCUT2D eigenvalue weighted by Gasteiger charge is 2.32. The number of rotatable bonds is 5. The molecule has 3 aromatic rings. The lowest BCUT2D eigenvalue weighted by Gasteiger charge is -2.32. The average Bonchev–Trinajstić information content (AvgIpc) is 3.18. The molecule has 2 aromatic heterocycles. The Balaban J connectivity index is 1.25. The van der Waals surface area contributed by atoms with E-state index in [9.17, 15) is 18.0 Å². The number of carbonyl (C=O) groups excluding carboxylic acids is 1. The normalized spacial score (nSPS) is 17.6. The van der Waals surface area contributed by atoms with Gasteiger partial charge >= 0.3 is 6.36 Å². The maximum Gasteiger partial charge on any atom is 0.573 e. The van der Waals surface area contributed by atoms with Crippen molar-refractivity contribution in [2.45, 2.75) is 31.2 Å². The smallest absolute Gasteiger partial charge is 0.468 e. The number of hydrogen-bond acceptors (Lipinski definition) is 7. The van der Waals surface area contributed by atoms with Crippen LogP contribution in [0.3, 0.4) is 0 Å². The first kappa shape index (κ1) is 22.3. The van der Waals surface area contributed by atoms with Crippen LogP contribution < -0.4 is 15.2 Å². The molecule has 0 bridgehead atoms. The Hall–Kier alpha value is -3.54. The molecule has 2 saturated heterocycles. The Morgan fingerprint density at radius 2 is 2.00 bits per heavy atom. The van der Waals surface area contributed by atoms with E-state index in [1.807, 2.05) is 6.20 Å². The van der Waals surface area contributed by atoms with Crippen LogP contribution in [-0.2, 0) is 4.74 Å². The molecule has 180 valence electrons. The fourth-order valence-electron chi connectivity index (χ4n) is 4.21. The Morgan fingerprint density at radius 1 is 1.24 bits per heavy atom. The molecular formula is C22H22F3N5O4. The van der Waals surface area contributed by atoms with E-state index in [1.54, 1.807) is 11.1 Å². The molecule has 2 aliphatic heterocycles. The number of halogens is 3. The summed E-state index contributed by atoms with van der Waals surface area (Å²) in [6, 6.07) is 3.35. The van der Waals surface area contributed by atoms with Crippen LogP contribution in [0.25, 0.3) is 11.2 Å². The molecule has 12 heteroatoms. The number of carbonyl (C=O) groups is 1. The molecule has 0 spiro atoms. The van der Waals surface area contributed by atoms with Crippen molar-refractivity contribution in [2.24, 2.45) is 0 Å². The van der Waals surface area contributed by atoms with Gasteiger partial charge in [0.1, 0.15) is 17.4 Å². The number of fused-ring (bicyclic) bond motifs is 1. The average molecular weight is 477 g/mol. The molecule has 1 aromatic carbocycles. The summed E-state index contributed by atoms with van der Waals surface area (Å²) in [5.74, 6) is -0.183. The van der Waals surface area contributed by atoms with Crippen molar-refractivity contribution >= 4 is 22.8 Å². The highest BCUT2D eigenvalue weighted by molar-refractivity contribution is 5.99. The second-order valence-electron chi connectivity index (χ2n) is 8.29. The van der Waals surface area contributed by atoms with Gasteiger partial charge in [-0.3, -0.25) is 4.79 Å². The number of benzene rings is 1. The second kappa shape index (κ2) is 8.67. The zero-order chi connectivity index (χ0) is 23.9. The Labute approximate surface area is 192 Å². The first-order valence-electron chi connectivity index (χ1n) is 10.8. The monoisotopic (exact) mass is 477 g/mol. The maximum absolute atomic E-state index is 12.9. The molecule has 0 atom stereocenters. The molecule has 0 aliphatic carbocycles. The second-order valence-corrected chi connectivity index (χ2v) is 8.29. The number of nitrogen functional groups attached to an aromatic ring is 1. The third-order valence-corrected chi connectivity index (χ3v) is 5.99. The van der Waals surface area contributed by atoms with Gasteiger partial charge in [0.25, 0.3) is 5.91 Å². The van der Waals surface area contributed by atoms with Crippen molar-refractivity contribution in [3.63, 3.8) is 0 Å². The summed E-state index contributed by atoms with van der Waals surface area (Å²) in [7, 11) is 0. The number of piperidine rings is 1. The van der Waals surface area contributed by atoms with Gasteiger partial charge in [-0.05, 0) is 30.9 Å². The van der Waals surface area contributed by atoms with Crippen LogP contribution >= 0.6 is 0 Å². The molecule has 1 amide bonds. The van der Waals surface area contributed by atoms with Gasteiger partial charge in [-0.25, -0.2) is 9.97 Å². The van der Waals surface area contributed by atoms with Crippen molar-refractivity contribution < 1.29 is 32.2 Å². The van der Waals surface area contributed by atoms with Gasteiger partial charge in [0.15, 0.2) is 5.65 Å². The van der Waals surface area contributed by atoms with Crippen LogP contribution in [0, 0.1) is 0 Å². The van der Waals surface area contributed by atoms with E-state index in [-0.39, 0.29) is 29.2 Å². The van der Waals surface area contributed by atoms with E-state index in [1.165, 1.54) is 6.07 Å². The number of hydrogen-bond donors (Lipinski definition) is 2. The lowest BCUT2D eigenvalue weighted by atomic mass is 9.90. The van der Waals surface area contributed by atoms with Crippen LogP contribution in [0.1, 0.15) is 34.7 Å². The van der Waals surface area contributed by atoms with E-state index in [4.69, 9.17) is 15.2 Å². The molecular weight excluding hydrogens is 455 g/mol. The SMILES string of the molecule is Nc1cc(OC(F)(F)F)ccc1C(=O)N1CCC(c2c[nH]c3ncc(OC4COC4)nc23)CC1. The number of nitrogens with two attached hydrogens (primary N) is 1. The molecule has 5 rings (SSSR count). The summed E-state index contributed by atoms with van der Waals surface area (Å²) < 4.78 is 52.0. The van der Waals surface area contributed by atoms with Gasteiger partial charge in [-0.1, -0.05) is 0 Å². The number of anilines is 1. The lowest BCUT2D eigenvalue weighted by molar-refractivity contribution is -0.274. The van der Waals surface area contributed by atoms with Gasteiger partial charge in [-0.2, -0.15) is 0 Å². The van der Waals surface area contributed by atoms with Gasteiger partial charge in [0, 0.05) is 36.6 Å². The standard InChI is InChI=1S/C22H22F3N5O4/c23-22(24,25)34-13-1-2-15(17(26)7-13)21(31)30-5-3-12(4-6-30)16-8-27-20-19(16)29-18(9-28-20)33-14-10-32-11-14/h1-2,7-9,12,14H,3-6,10-11,26H2,(H,27,28). The number of H-pyrrole nitrogens is 1. The highest BCUT2D eigenvalue weighted by atomic mass is 19.4. The van der Waals surface area contributed by atoms with E-state index in [0.29, 0.717) is 50.7 Å². The minimum Gasteiger partial charge on any atom is -0.468 e. The highest BCUT2D eigenvalue weighted by Crippen LogP contribution is 2.34. The summed E-state index contributed by atoms with van der Waals surface area (Å²) in [6.07, 6.45) is 0.0158. The van der Waals surface area contributed by atoms with Crippen molar-refractivity contribution in [3.05, 3.63) is 41.7 Å². The minimum atomic E-state index is -4.83. The van der Waals surface area contributed by atoms with Crippen molar-refractivity contribution in [1.29, 1.82) is 0 Å². The lowest BCUT2D eigenvalue weighted by Crippen LogP contribution is -2.38. The number of amides is 1. The van der Waals surface area contributed by atoms with Crippen molar-refractivity contribution in [1.82, 2.24) is 19.9 Å². The van der Waals surface area contributed by atoms with Gasteiger partial charge in [0.05, 0.1) is 25.0 Å². The van der Waals surface area contributed by atoms with Crippen LogP contribution in [0.2, 0.25) is 0 Å². The molecule has 9 nitrogen and oxygen atoms in total. The van der Waals surface area contributed by atoms with E-state index >= 15 is 0 Å². The Kier molecular flexibility index (Phi) is 5.68. The summed E-state index contributed by atoms with van der Waals surface area (Å²) in [4.78, 5) is 26.7. The predicted octanol–water partition coefficient (Wildman–Crippen LogP) is 3.24. The first-order valence-corrected chi connectivity index (χ1v) is 10.8. The number of alkyl halides is 3. The summed E-state index contributed by atoms with van der Waals surface area (Å²) in [5, 5.41) is 0. The largest absolute Gasteiger partial charge is 0.573 e. The number of nitrogens with zero attached hydrogens (tertiary/aromatic N) is 3. The first-order chi connectivity index (χ1) is 16.3. The van der Waals surface area contributed by atoms with Gasteiger partial charge < -0.3 is 29.8 Å². The zero-order valence-corrected chi connectivity index (χ0v) is 18.0. The van der Waals surface area contributed by atoms with Crippen LogP contribution in [0.5, 0.6) is 11.6 Å². The number of aromatic nitrogens is 3. The minimum absolute atomic E-state index is 0.00933. The third kappa shape index (κ3) is 4.58. The number of likely N-dealkylation sites (tertiary alicyclic amines) is 1. The zero-order valence-electron chi connectivity index (χ0n) is 18.0. The number of ether oxygens (including phenoxy) is 3. The molecule has 0 saturated carbocycles. The van der Waals surface area contributed by atoms with E-state index < -0.39 is 12.1 Å². The van der Waals surface area contributed by atoms with E-state index in [0.717, 1.165) is 23.2 Å². The fourth-order valence-corrected chi connectivity index (χ4v) is 4.21. The molecule has 2 aliphatic rings. The summed E-state index contributed by atoms with van der Waals surface area (Å²) >= 11 is 0. The van der Waals surface area contributed by atoms with Gasteiger partial charge in [-0.15, -0.1) is 13.2 Å². The Morgan fingerprint density at radius 3 is 2.65 bits per heavy atom. The molecule has 4 heterocycles. The predicted molar refractivity (Wildman–Crippen MR) is 115 cm³/mol. The summed E-state index contributed by atoms with van der Waals surface area (Å²) in [6.45, 7) is 2.02. The van der Waals surface area contributed by atoms with Crippen LogP contribution in [0.15, 0.2) is 30.6 Å². The quantitative estimate of drug-likeness (QED) is 0.542. The molecule has 0 unspecified atom stereocenters. The summed E-state index contributed by atoms with van der Waals surface area (Å²) in [5.41, 5.74) is 8.35. The van der Waals surface area contributed by atoms with E-state index in [2.05, 4.69) is 19.7 Å². The number of nitrogens with one attached hydrogen (secondary N) is 1. The fraction of sp³-hybridized carbons (Fsp3) is 0.409. The molecule has 3 N–H and O–H groups in total. The van der Waals surface area contributed by atoms with Gasteiger partial charge in [0.2, 0.25) is 5.88 Å². The molecule has 2 fully saturated rings. The maximum atomic E-state index is 12.9. The topological polar surface area (TPSA) is 116 Å². The Bertz CT molecular complexity index is 1200.